The minimum atomic E-state index is -1.26. The van der Waals surface area contributed by atoms with E-state index in [0.717, 1.165) is 5.52 Å². The first-order valence-corrected chi connectivity index (χ1v) is 8.01. The number of nitrogens with zero attached hydrogens (tertiary/aromatic N) is 2. The summed E-state index contributed by atoms with van der Waals surface area (Å²) in [5.41, 5.74) is 1.39. The van der Waals surface area contributed by atoms with E-state index in [1.165, 1.54) is 0 Å². The highest BCUT2D eigenvalue weighted by Gasteiger charge is 2.43. The summed E-state index contributed by atoms with van der Waals surface area (Å²) >= 11 is 0. The minimum Gasteiger partial charge on any atom is -0.388 e. The van der Waals surface area contributed by atoms with Gasteiger partial charge >= 0.3 is 0 Å². The van der Waals surface area contributed by atoms with Crippen LogP contribution in [0, 0.1) is 0 Å². The van der Waals surface area contributed by atoms with Crippen molar-refractivity contribution in [3.8, 4) is 0 Å². The molecule has 1 aliphatic rings. The second kappa shape index (κ2) is 7.31. The summed E-state index contributed by atoms with van der Waals surface area (Å²) in [5, 5.41) is 29.1. The Hall–Kier alpha value is -2.27. The highest BCUT2D eigenvalue weighted by Crippen LogP contribution is 2.24. The Labute approximate surface area is 144 Å². The number of aromatic amines is 1. The third-order valence-corrected chi connectivity index (χ3v) is 4.18. The van der Waals surface area contributed by atoms with Crippen molar-refractivity contribution in [1.29, 1.82) is 0 Å². The number of imidazole rings is 1. The number of aromatic nitrogens is 3. The fourth-order valence-electron chi connectivity index (χ4n) is 2.89. The van der Waals surface area contributed by atoms with Gasteiger partial charge in [0.25, 0.3) is 0 Å². The summed E-state index contributed by atoms with van der Waals surface area (Å²) in [6.45, 7) is 1.83. The van der Waals surface area contributed by atoms with Gasteiger partial charge in [0.05, 0.1) is 30.5 Å². The van der Waals surface area contributed by atoms with Crippen molar-refractivity contribution >= 4 is 22.8 Å². The molecule has 10 heteroatoms. The minimum absolute atomic E-state index is 0.110. The molecule has 2 aromatic rings. The average Bonchev–Trinajstić information content (AvgIpc) is 3.06. The van der Waals surface area contributed by atoms with Gasteiger partial charge in [-0.3, -0.25) is 4.79 Å². The normalized spacial score (nSPS) is 29.5. The Balaban J connectivity index is 1.72. The molecular weight excluding hydrogens is 328 g/mol. The zero-order valence-corrected chi connectivity index (χ0v) is 13.9. The second-order valence-electron chi connectivity index (χ2n) is 5.97. The molecule has 2 aromatic heterocycles. The maximum Gasteiger partial charge on any atom is 0.234 e. The molecule has 3 rings (SSSR count). The first-order chi connectivity index (χ1) is 12.0. The molecule has 136 valence electrons. The number of rotatable bonds is 5. The Bertz CT molecular complexity index is 738. The molecule has 0 spiro atoms. The SMILES string of the molecule is CNCC(=O)N[C@@H]1[C@@H](O)[C@@H](O)[C@@H](Nc2nccc3[nH]cnc23)O[C@H]1C. The van der Waals surface area contributed by atoms with E-state index in [-0.39, 0.29) is 12.5 Å². The van der Waals surface area contributed by atoms with Gasteiger partial charge in [0.15, 0.2) is 12.0 Å². The van der Waals surface area contributed by atoms with Crippen LogP contribution in [0.1, 0.15) is 6.92 Å². The standard InChI is InChI=1S/C15H22N6O4/c1-7-10(20-9(22)5-16-2)12(23)13(24)15(25-7)21-14-11-8(3-4-17-14)18-6-19-11/h3-4,6-7,10,12-13,15-16,23-24H,5H2,1-2H3,(H,17,21)(H,18,19)(H,20,22)/t7-,10-,12+,13+,15-/m0/s1. The third kappa shape index (κ3) is 3.56. The number of pyridine rings is 1. The van der Waals surface area contributed by atoms with Crippen molar-refractivity contribution in [2.24, 2.45) is 0 Å². The van der Waals surface area contributed by atoms with Crippen molar-refractivity contribution in [3.63, 3.8) is 0 Å². The van der Waals surface area contributed by atoms with Crippen molar-refractivity contribution in [2.45, 2.75) is 37.5 Å². The molecule has 1 saturated heterocycles. The lowest BCUT2D eigenvalue weighted by Gasteiger charge is -2.42. The second-order valence-corrected chi connectivity index (χ2v) is 5.97. The van der Waals surface area contributed by atoms with Crippen LogP contribution in [0.5, 0.6) is 0 Å². The number of hydrogen-bond acceptors (Lipinski definition) is 8. The number of fused-ring (bicyclic) bond motifs is 1. The summed E-state index contributed by atoms with van der Waals surface area (Å²) in [6, 6.07) is 1.05. The van der Waals surface area contributed by atoms with Crippen LogP contribution in [0.15, 0.2) is 18.6 Å². The maximum atomic E-state index is 11.7. The van der Waals surface area contributed by atoms with Crippen LogP contribution in [0.25, 0.3) is 11.0 Å². The molecular formula is C15H22N6O4. The van der Waals surface area contributed by atoms with E-state index in [1.54, 1.807) is 32.6 Å². The fraction of sp³-hybridized carbons (Fsp3) is 0.533. The number of carbonyl (C=O) groups is 1. The fourth-order valence-corrected chi connectivity index (χ4v) is 2.89. The number of likely N-dealkylation sites (N-methyl/N-ethyl adjacent to an activating group) is 1. The Morgan fingerprint density at radius 1 is 1.36 bits per heavy atom. The predicted molar refractivity (Wildman–Crippen MR) is 89.7 cm³/mol. The molecule has 0 bridgehead atoms. The summed E-state index contributed by atoms with van der Waals surface area (Å²) in [4.78, 5) is 23.1. The van der Waals surface area contributed by atoms with Gasteiger partial charge < -0.3 is 35.9 Å². The molecule has 1 aliphatic heterocycles. The Morgan fingerprint density at radius 3 is 2.92 bits per heavy atom. The van der Waals surface area contributed by atoms with Crippen LogP contribution in [0.3, 0.4) is 0 Å². The first kappa shape index (κ1) is 17.5. The number of aliphatic hydroxyl groups excluding tert-OH is 2. The lowest BCUT2D eigenvalue weighted by Crippen LogP contribution is -2.64. The molecule has 10 nitrogen and oxygen atoms in total. The van der Waals surface area contributed by atoms with E-state index >= 15 is 0 Å². The lowest BCUT2D eigenvalue weighted by atomic mass is 9.96. The number of amides is 1. The Morgan fingerprint density at radius 2 is 2.16 bits per heavy atom. The quantitative estimate of drug-likeness (QED) is 0.384. The number of aliphatic hydroxyl groups is 2. The largest absolute Gasteiger partial charge is 0.388 e. The van der Waals surface area contributed by atoms with Gasteiger partial charge in [-0.05, 0) is 20.0 Å². The van der Waals surface area contributed by atoms with E-state index < -0.39 is 30.6 Å². The van der Waals surface area contributed by atoms with Crippen molar-refractivity contribution < 1.29 is 19.7 Å². The molecule has 0 radical (unpaired) electrons. The average molecular weight is 350 g/mol. The highest BCUT2D eigenvalue weighted by molar-refractivity contribution is 5.85. The highest BCUT2D eigenvalue weighted by atomic mass is 16.5. The molecule has 1 amide bonds. The maximum absolute atomic E-state index is 11.7. The van der Waals surface area contributed by atoms with Gasteiger partial charge in [0, 0.05) is 6.20 Å². The number of H-pyrrole nitrogens is 1. The third-order valence-electron chi connectivity index (χ3n) is 4.18. The van der Waals surface area contributed by atoms with Crippen LogP contribution >= 0.6 is 0 Å². The molecule has 3 heterocycles. The van der Waals surface area contributed by atoms with E-state index in [4.69, 9.17) is 4.74 Å². The molecule has 0 aliphatic carbocycles. The summed E-state index contributed by atoms with van der Waals surface area (Å²) in [6.07, 6.45) is -0.723. The predicted octanol–water partition coefficient (Wildman–Crippen LogP) is -1.46. The zero-order chi connectivity index (χ0) is 18.0. The molecule has 25 heavy (non-hydrogen) atoms. The van der Waals surface area contributed by atoms with Gasteiger partial charge in [-0.15, -0.1) is 0 Å². The van der Waals surface area contributed by atoms with Crippen LogP contribution in [-0.2, 0) is 9.53 Å². The van der Waals surface area contributed by atoms with E-state index in [2.05, 4.69) is 30.9 Å². The number of hydrogen-bond donors (Lipinski definition) is 6. The van der Waals surface area contributed by atoms with Crippen LogP contribution in [0.4, 0.5) is 5.82 Å². The van der Waals surface area contributed by atoms with Gasteiger partial charge in [-0.2, -0.15) is 0 Å². The topological polar surface area (TPSA) is 144 Å². The number of nitrogens with one attached hydrogen (secondary N) is 4. The van der Waals surface area contributed by atoms with Gasteiger partial charge in [0.2, 0.25) is 5.91 Å². The smallest absolute Gasteiger partial charge is 0.234 e. The summed E-state index contributed by atoms with van der Waals surface area (Å²) < 4.78 is 5.76. The van der Waals surface area contributed by atoms with Gasteiger partial charge in [-0.25, -0.2) is 9.97 Å². The van der Waals surface area contributed by atoms with Gasteiger partial charge in [-0.1, -0.05) is 0 Å². The lowest BCUT2D eigenvalue weighted by molar-refractivity contribution is -0.172. The van der Waals surface area contributed by atoms with Gasteiger partial charge in [0.1, 0.15) is 17.7 Å². The van der Waals surface area contributed by atoms with Crippen molar-refractivity contribution in [3.05, 3.63) is 18.6 Å². The van der Waals surface area contributed by atoms with E-state index in [1.807, 2.05) is 0 Å². The zero-order valence-electron chi connectivity index (χ0n) is 13.9. The number of carbonyl (C=O) groups excluding carboxylic acids is 1. The van der Waals surface area contributed by atoms with Crippen molar-refractivity contribution in [1.82, 2.24) is 25.6 Å². The molecule has 5 atom stereocenters. The first-order valence-electron chi connectivity index (χ1n) is 8.01. The van der Waals surface area contributed by atoms with Crippen LogP contribution in [0.2, 0.25) is 0 Å². The number of ether oxygens (including phenoxy) is 1. The molecule has 0 aromatic carbocycles. The van der Waals surface area contributed by atoms with E-state index in [9.17, 15) is 15.0 Å². The van der Waals surface area contributed by atoms with Crippen LogP contribution in [-0.4, -0.2) is 75.2 Å². The van der Waals surface area contributed by atoms with Crippen LogP contribution < -0.4 is 16.0 Å². The van der Waals surface area contributed by atoms with E-state index in [0.29, 0.717) is 11.3 Å². The summed E-state index contributed by atoms with van der Waals surface area (Å²) in [7, 11) is 1.65. The monoisotopic (exact) mass is 350 g/mol. The molecule has 6 N–H and O–H groups in total. The summed E-state index contributed by atoms with van der Waals surface area (Å²) in [5.74, 6) is 0.142. The van der Waals surface area contributed by atoms with Crippen molar-refractivity contribution in [2.75, 3.05) is 18.9 Å². The Kier molecular flexibility index (Phi) is 5.13. The number of anilines is 1. The molecule has 0 saturated carbocycles. The molecule has 1 fully saturated rings. The molecule has 0 unspecified atom stereocenters.